The summed E-state index contributed by atoms with van der Waals surface area (Å²) in [6, 6.07) is 8.93. The number of halogens is 1. The molecule has 2 heteroatoms. The lowest BCUT2D eigenvalue weighted by atomic mass is 9.77. The summed E-state index contributed by atoms with van der Waals surface area (Å²) < 4.78 is 0. The molecule has 0 amide bonds. The summed E-state index contributed by atoms with van der Waals surface area (Å²) in [6.07, 6.45) is 7.07. The highest BCUT2D eigenvalue weighted by Gasteiger charge is 2.30. The van der Waals surface area contributed by atoms with Crippen LogP contribution in [0.1, 0.15) is 37.7 Å². The van der Waals surface area contributed by atoms with Gasteiger partial charge in [-0.3, -0.25) is 0 Å². The van der Waals surface area contributed by atoms with Gasteiger partial charge in [0.2, 0.25) is 0 Å². The average Bonchev–Trinajstić information content (AvgIpc) is 2.39. The highest BCUT2D eigenvalue weighted by atomic mass is 79.9. The van der Waals surface area contributed by atoms with Crippen LogP contribution in [0.3, 0.4) is 0 Å². The number of aryl methyl sites for hydroxylation is 1. The summed E-state index contributed by atoms with van der Waals surface area (Å²) in [5, 5.41) is 1.17. The van der Waals surface area contributed by atoms with Crippen LogP contribution in [0, 0.1) is 12.3 Å². The Morgan fingerprint density at radius 3 is 2.35 bits per heavy atom. The van der Waals surface area contributed by atoms with Crippen LogP contribution >= 0.6 is 27.7 Å². The molecule has 1 aromatic carbocycles. The van der Waals surface area contributed by atoms with E-state index in [9.17, 15) is 0 Å². The van der Waals surface area contributed by atoms with Crippen molar-refractivity contribution in [3.05, 3.63) is 29.8 Å². The molecule has 0 nitrogen and oxygen atoms in total. The normalized spacial score (nSPS) is 19.2. The van der Waals surface area contributed by atoms with E-state index in [1.807, 2.05) is 11.8 Å². The minimum atomic E-state index is 0.549. The van der Waals surface area contributed by atoms with E-state index in [0.29, 0.717) is 5.41 Å². The number of benzene rings is 1. The molecule has 1 aromatic rings. The van der Waals surface area contributed by atoms with Crippen LogP contribution in [0.2, 0.25) is 0 Å². The third-order valence-corrected chi connectivity index (χ3v) is 6.32. The van der Waals surface area contributed by atoms with Gasteiger partial charge >= 0.3 is 0 Å². The molecule has 1 fully saturated rings. The lowest BCUT2D eigenvalue weighted by Gasteiger charge is -2.35. The van der Waals surface area contributed by atoms with Gasteiger partial charge in [-0.25, -0.2) is 0 Å². The highest BCUT2D eigenvalue weighted by Crippen LogP contribution is 2.41. The fraction of sp³-hybridized carbons (Fsp3) is 0.600. The number of rotatable bonds is 4. The fourth-order valence-corrected chi connectivity index (χ4v) is 4.70. The minimum absolute atomic E-state index is 0.549. The monoisotopic (exact) mass is 312 g/mol. The van der Waals surface area contributed by atoms with E-state index in [0.717, 1.165) is 0 Å². The Kier molecular flexibility index (Phi) is 4.98. The lowest BCUT2D eigenvalue weighted by molar-refractivity contribution is 0.260. The zero-order valence-corrected chi connectivity index (χ0v) is 12.9. The van der Waals surface area contributed by atoms with Crippen molar-refractivity contribution in [1.29, 1.82) is 0 Å². The molecule has 1 saturated carbocycles. The van der Waals surface area contributed by atoms with Gasteiger partial charge in [0.1, 0.15) is 0 Å². The molecule has 0 saturated heterocycles. The second kappa shape index (κ2) is 6.29. The van der Waals surface area contributed by atoms with E-state index in [2.05, 4.69) is 47.1 Å². The second-order valence-corrected chi connectivity index (χ2v) is 6.91. The summed E-state index contributed by atoms with van der Waals surface area (Å²) in [5.74, 6) is 1.27. The van der Waals surface area contributed by atoms with E-state index >= 15 is 0 Å². The molecular formula is C15H21BrS. The SMILES string of the molecule is Cc1ccc(SCC2(CBr)CCCCC2)cc1. The maximum Gasteiger partial charge on any atom is 0.00959 e. The van der Waals surface area contributed by atoms with Crippen LogP contribution in [0.5, 0.6) is 0 Å². The van der Waals surface area contributed by atoms with E-state index < -0.39 is 0 Å². The molecule has 0 aromatic heterocycles. The second-order valence-electron chi connectivity index (χ2n) is 5.30. The molecule has 0 N–H and O–H groups in total. The van der Waals surface area contributed by atoms with Gasteiger partial charge < -0.3 is 0 Å². The Morgan fingerprint density at radius 2 is 1.76 bits per heavy atom. The van der Waals surface area contributed by atoms with E-state index in [4.69, 9.17) is 0 Å². The van der Waals surface area contributed by atoms with Crippen LogP contribution in [-0.2, 0) is 0 Å². The maximum absolute atomic E-state index is 3.74. The molecule has 0 spiro atoms. The van der Waals surface area contributed by atoms with Crippen molar-refractivity contribution in [3.8, 4) is 0 Å². The van der Waals surface area contributed by atoms with Gasteiger partial charge in [0.05, 0.1) is 0 Å². The highest BCUT2D eigenvalue weighted by molar-refractivity contribution is 9.09. The average molecular weight is 313 g/mol. The van der Waals surface area contributed by atoms with Crippen LogP contribution in [0.15, 0.2) is 29.2 Å². The molecule has 0 atom stereocenters. The number of alkyl halides is 1. The third-order valence-electron chi connectivity index (χ3n) is 3.76. The van der Waals surface area contributed by atoms with Crippen LogP contribution < -0.4 is 0 Å². The van der Waals surface area contributed by atoms with Crippen molar-refractivity contribution in [1.82, 2.24) is 0 Å². The molecule has 0 aliphatic heterocycles. The van der Waals surface area contributed by atoms with Crippen molar-refractivity contribution in [2.24, 2.45) is 5.41 Å². The minimum Gasteiger partial charge on any atom is -0.126 e. The largest absolute Gasteiger partial charge is 0.126 e. The predicted octanol–water partition coefficient (Wildman–Crippen LogP) is 5.43. The third kappa shape index (κ3) is 3.75. The Hall–Kier alpha value is 0.0500. The molecule has 94 valence electrons. The van der Waals surface area contributed by atoms with Crippen molar-refractivity contribution < 1.29 is 0 Å². The van der Waals surface area contributed by atoms with E-state index in [1.54, 1.807) is 0 Å². The van der Waals surface area contributed by atoms with Crippen molar-refractivity contribution in [2.45, 2.75) is 43.9 Å². The maximum atomic E-state index is 3.74. The summed E-state index contributed by atoms with van der Waals surface area (Å²) in [4.78, 5) is 1.42. The Labute approximate surface area is 118 Å². The first-order chi connectivity index (χ1) is 8.24. The van der Waals surface area contributed by atoms with Crippen molar-refractivity contribution in [3.63, 3.8) is 0 Å². The van der Waals surface area contributed by atoms with Gasteiger partial charge in [-0.1, -0.05) is 52.9 Å². The summed E-state index contributed by atoms with van der Waals surface area (Å²) in [5.41, 5.74) is 1.90. The van der Waals surface area contributed by atoms with E-state index in [1.165, 1.54) is 53.6 Å². The van der Waals surface area contributed by atoms with Gasteiger partial charge in [0.15, 0.2) is 0 Å². The van der Waals surface area contributed by atoms with Gasteiger partial charge in [0.25, 0.3) is 0 Å². The van der Waals surface area contributed by atoms with E-state index in [-0.39, 0.29) is 0 Å². The zero-order valence-electron chi connectivity index (χ0n) is 10.5. The summed E-state index contributed by atoms with van der Waals surface area (Å²) in [6.45, 7) is 2.15. The molecule has 1 aliphatic carbocycles. The quantitative estimate of drug-likeness (QED) is 0.527. The summed E-state index contributed by atoms with van der Waals surface area (Å²) >= 11 is 5.77. The van der Waals surface area contributed by atoms with Crippen molar-refractivity contribution >= 4 is 27.7 Å². The number of hydrogen-bond acceptors (Lipinski definition) is 1. The molecule has 0 heterocycles. The Morgan fingerprint density at radius 1 is 1.12 bits per heavy atom. The van der Waals surface area contributed by atoms with Gasteiger partial charge in [-0.2, -0.15) is 0 Å². The summed E-state index contributed by atoms with van der Waals surface area (Å²) in [7, 11) is 0. The van der Waals surface area contributed by atoms with Crippen LogP contribution in [0.25, 0.3) is 0 Å². The molecule has 0 unspecified atom stereocenters. The van der Waals surface area contributed by atoms with Crippen molar-refractivity contribution in [2.75, 3.05) is 11.1 Å². The van der Waals surface area contributed by atoms with Gasteiger partial charge in [-0.05, 0) is 37.3 Å². The topological polar surface area (TPSA) is 0 Å². The first-order valence-corrected chi connectivity index (χ1v) is 8.60. The van der Waals surface area contributed by atoms with Crippen LogP contribution in [-0.4, -0.2) is 11.1 Å². The zero-order chi connectivity index (χ0) is 12.1. The molecule has 0 bridgehead atoms. The first kappa shape index (κ1) is 13.5. The van der Waals surface area contributed by atoms with Gasteiger partial charge in [0, 0.05) is 16.0 Å². The molecule has 2 rings (SSSR count). The molecule has 0 radical (unpaired) electrons. The number of hydrogen-bond donors (Lipinski definition) is 0. The van der Waals surface area contributed by atoms with Crippen LogP contribution in [0.4, 0.5) is 0 Å². The first-order valence-electron chi connectivity index (χ1n) is 6.50. The van der Waals surface area contributed by atoms with Gasteiger partial charge in [-0.15, -0.1) is 11.8 Å². The number of thioether (sulfide) groups is 1. The Balaban J connectivity index is 1.93. The molecule has 17 heavy (non-hydrogen) atoms. The predicted molar refractivity (Wildman–Crippen MR) is 81.2 cm³/mol. The molecule has 1 aliphatic rings. The fourth-order valence-electron chi connectivity index (χ4n) is 2.49. The Bertz CT molecular complexity index is 338. The molecular weight excluding hydrogens is 292 g/mol. The smallest absolute Gasteiger partial charge is 0.00959 e. The standard InChI is InChI=1S/C15H21BrS/c1-13-5-7-14(8-6-13)17-12-15(11-16)9-3-2-4-10-15/h5-8H,2-4,9-12H2,1H3. The lowest BCUT2D eigenvalue weighted by Crippen LogP contribution is -2.28.